The molecule has 1 heterocycles. The number of hydrogen-bond donors (Lipinski definition) is 1. The third kappa shape index (κ3) is 3.54. The number of fused-ring (bicyclic) bond motifs is 1. The van der Waals surface area contributed by atoms with Gasteiger partial charge in [0.25, 0.3) is 0 Å². The molecule has 1 atom stereocenters. The van der Waals surface area contributed by atoms with Crippen molar-refractivity contribution in [1.29, 1.82) is 0 Å². The van der Waals surface area contributed by atoms with Crippen molar-refractivity contribution in [1.82, 2.24) is 4.90 Å². The number of amides is 1. The van der Waals surface area contributed by atoms with Crippen LogP contribution in [0.15, 0.2) is 54.6 Å². The van der Waals surface area contributed by atoms with Crippen molar-refractivity contribution in [3.63, 3.8) is 0 Å². The molecule has 4 nitrogen and oxygen atoms in total. The van der Waals surface area contributed by atoms with Crippen LogP contribution in [0.5, 0.6) is 0 Å². The molecule has 0 radical (unpaired) electrons. The lowest BCUT2D eigenvalue weighted by atomic mass is 10.0. The maximum absolute atomic E-state index is 12.7. The van der Waals surface area contributed by atoms with Crippen molar-refractivity contribution in [3.05, 3.63) is 65.7 Å². The van der Waals surface area contributed by atoms with E-state index in [1.54, 1.807) is 0 Å². The Hall–Kier alpha value is -2.33. The molecule has 0 spiro atoms. The molecular formula is C19H23N3O. The third-order valence-corrected chi connectivity index (χ3v) is 4.44. The molecule has 4 heteroatoms. The van der Waals surface area contributed by atoms with Gasteiger partial charge >= 0.3 is 0 Å². The Morgan fingerprint density at radius 2 is 1.78 bits per heavy atom. The molecule has 0 bridgehead atoms. The summed E-state index contributed by atoms with van der Waals surface area (Å²) in [4.78, 5) is 16.8. The first-order valence-electron chi connectivity index (χ1n) is 8.02. The van der Waals surface area contributed by atoms with Crippen LogP contribution in [-0.4, -0.2) is 30.9 Å². The quantitative estimate of drug-likeness (QED) is 0.948. The van der Waals surface area contributed by atoms with E-state index in [0.29, 0.717) is 13.0 Å². The highest BCUT2D eigenvalue weighted by Crippen LogP contribution is 2.24. The van der Waals surface area contributed by atoms with Gasteiger partial charge in [-0.2, -0.15) is 0 Å². The van der Waals surface area contributed by atoms with Gasteiger partial charge in [0.15, 0.2) is 0 Å². The molecule has 0 saturated heterocycles. The zero-order valence-corrected chi connectivity index (χ0v) is 13.5. The summed E-state index contributed by atoms with van der Waals surface area (Å²) in [6, 6.07) is 17.8. The largest absolute Gasteiger partial charge is 0.373 e. The van der Waals surface area contributed by atoms with E-state index in [0.717, 1.165) is 18.7 Å². The maximum atomic E-state index is 12.7. The molecule has 0 aliphatic carbocycles. The Labute approximate surface area is 137 Å². The van der Waals surface area contributed by atoms with E-state index in [9.17, 15) is 4.79 Å². The number of rotatable bonds is 3. The molecule has 1 amide bonds. The fraction of sp³-hybridized carbons (Fsp3) is 0.316. The molecule has 1 aliphatic heterocycles. The SMILES string of the molecule is CN1CCN(C(=O)CC(N)c2ccccc2)Cc2ccccc21. The summed E-state index contributed by atoms with van der Waals surface area (Å²) in [6.45, 7) is 2.22. The summed E-state index contributed by atoms with van der Waals surface area (Å²) in [7, 11) is 2.07. The molecule has 23 heavy (non-hydrogen) atoms. The lowest BCUT2D eigenvalue weighted by Gasteiger charge is -2.23. The van der Waals surface area contributed by atoms with Crippen LogP contribution in [0.1, 0.15) is 23.6 Å². The van der Waals surface area contributed by atoms with E-state index < -0.39 is 0 Å². The highest BCUT2D eigenvalue weighted by Gasteiger charge is 2.22. The summed E-state index contributed by atoms with van der Waals surface area (Å²) in [5.41, 5.74) is 9.61. The molecule has 2 aromatic carbocycles. The van der Waals surface area contributed by atoms with E-state index in [2.05, 4.69) is 24.1 Å². The predicted octanol–water partition coefficient (Wildman–Crippen LogP) is 2.56. The Kier molecular flexibility index (Phi) is 4.63. The molecule has 2 aromatic rings. The first-order chi connectivity index (χ1) is 11.1. The first kappa shape index (κ1) is 15.6. The van der Waals surface area contributed by atoms with E-state index in [4.69, 9.17) is 5.73 Å². The average molecular weight is 309 g/mol. The van der Waals surface area contributed by atoms with Crippen LogP contribution in [-0.2, 0) is 11.3 Å². The normalized spacial score (nSPS) is 15.7. The van der Waals surface area contributed by atoms with Crippen LogP contribution in [0, 0.1) is 0 Å². The van der Waals surface area contributed by atoms with Crippen molar-refractivity contribution in [2.45, 2.75) is 19.0 Å². The highest BCUT2D eigenvalue weighted by molar-refractivity contribution is 5.77. The van der Waals surface area contributed by atoms with Gasteiger partial charge in [0.2, 0.25) is 5.91 Å². The fourth-order valence-corrected chi connectivity index (χ4v) is 3.04. The average Bonchev–Trinajstić information content (AvgIpc) is 2.75. The van der Waals surface area contributed by atoms with Crippen LogP contribution in [0.25, 0.3) is 0 Å². The lowest BCUT2D eigenvalue weighted by molar-refractivity contribution is -0.132. The van der Waals surface area contributed by atoms with Gasteiger partial charge in [0.05, 0.1) is 0 Å². The summed E-state index contributed by atoms with van der Waals surface area (Å²) in [6.07, 6.45) is 0.343. The number of para-hydroxylation sites is 1. The van der Waals surface area contributed by atoms with Crippen LogP contribution >= 0.6 is 0 Å². The number of likely N-dealkylation sites (N-methyl/N-ethyl adjacent to an activating group) is 1. The highest BCUT2D eigenvalue weighted by atomic mass is 16.2. The van der Waals surface area contributed by atoms with Crippen molar-refractivity contribution in [2.75, 3.05) is 25.0 Å². The number of carbonyl (C=O) groups is 1. The second-order valence-electron chi connectivity index (χ2n) is 6.09. The van der Waals surface area contributed by atoms with Gasteiger partial charge in [-0.15, -0.1) is 0 Å². The minimum atomic E-state index is -0.250. The molecule has 0 saturated carbocycles. The molecule has 1 unspecified atom stereocenters. The van der Waals surface area contributed by atoms with Crippen LogP contribution in [0.3, 0.4) is 0 Å². The molecule has 0 fully saturated rings. The monoisotopic (exact) mass is 309 g/mol. The maximum Gasteiger partial charge on any atom is 0.224 e. The molecule has 1 aliphatic rings. The molecule has 2 N–H and O–H groups in total. The van der Waals surface area contributed by atoms with Gasteiger partial charge in [-0.05, 0) is 17.2 Å². The number of nitrogens with zero attached hydrogens (tertiary/aromatic N) is 2. The number of nitrogens with two attached hydrogens (primary N) is 1. The van der Waals surface area contributed by atoms with Crippen LogP contribution in [0.2, 0.25) is 0 Å². The van der Waals surface area contributed by atoms with Gasteiger partial charge in [-0.25, -0.2) is 0 Å². The minimum Gasteiger partial charge on any atom is -0.373 e. The number of carbonyl (C=O) groups excluding carboxylic acids is 1. The van der Waals surface area contributed by atoms with Gasteiger partial charge in [0, 0.05) is 44.8 Å². The first-order valence-corrected chi connectivity index (χ1v) is 8.02. The summed E-state index contributed by atoms with van der Waals surface area (Å²) < 4.78 is 0. The number of anilines is 1. The summed E-state index contributed by atoms with van der Waals surface area (Å²) >= 11 is 0. The molecule has 3 rings (SSSR count). The van der Waals surface area contributed by atoms with E-state index >= 15 is 0 Å². The topological polar surface area (TPSA) is 49.6 Å². The van der Waals surface area contributed by atoms with E-state index in [1.807, 2.05) is 47.4 Å². The summed E-state index contributed by atoms with van der Waals surface area (Å²) in [5.74, 6) is 0.117. The Morgan fingerprint density at radius 1 is 1.09 bits per heavy atom. The number of benzene rings is 2. The van der Waals surface area contributed by atoms with Crippen molar-refractivity contribution >= 4 is 11.6 Å². The fourth-order valence-electron chi connectivity index (χ4n) is 3.04. The molecular weight excluding hydrogens is 286 g/mol. The Bertz CT molecular complexity index is 671. The molecule has 0 aromatic heterocycles. The van der Waals surface area contributed by atoms with E-state index in [-0.39, 0.29) is 11.9 Å². The van der Waals surface area contributed by atoms with Crippen LogP contribution in [0.4, 0.5) is 5.69 Å². The second kappa shape index (κ2) is 6.84. The zero-order valence-electron chi connectivity index (χ0n) is 13.5. The van der Waals surface area contributed by atoms with Gasteiger partial charge in [0.1, 0.15) is 0 Å². The lowest BCUT2D eigenvalue weighted by Crippen LogP contribution is -2.35. The van der Waals surface area contributed by atoms with Crippen molar-refractivity contribution in [3.8, 4) is 0 Å². The zero-order chi connectivity index (χ0) is 16.2. The van der Waals surface area contributed by atoms with Crippen LogP contribution < -0.4 is 10.6 Å². The van der Waals surface area contributed by atoms with Gasteiger partial charge < -0.3 is 15.5 Å². The Morgan fingerprint density at radius 3 is 2.57 bits per heavy atom. The third-order valence-electron chi connectivity index (χ3n) is 4.44. The summed E-state index contributed by atoms with van der Waals surface area (Å²) in [5, 5.41) is 0. The number of hydrogen-bond acceptors (Lipinski definition) is 3. The standard InChI is InChI=1S/C19H23N3O/c1-21-11-12-22(14-16-9-5-6-10-18(16)21)19(23)13-17(20)15-7-3-2-4-8-15/h2-10,17H,11-14,20H2,1H3. The predicted molar refractivity (Wildman–Crippen MR) is 93.1 cm³/mol. The van der Waals surface area contributed by atoms with Gasteiger partial charge in [-0.1, -0.05) is 48.5 Å². The van der Waals surface area contributed by atoms with Gasteiger partial charge in [-0.3, -0.25) is 4.79 Å². The minimum absolute atomic E-state index is 0.117. The van der Waals surface area contributed by atoms with Crippen molar-refractivity contribution < 1.29 is 4.79 Å². The van der Waals surface area contributed by atoms with E-state index in [1.165, 1.54) is 11.3 Å². The second-order valence-corrected chi connectivity index (χ2v) is 6.09. The molecule has 120 valence electrons. The van der Waals surface area contributed by atoms with Crippen molar-refractivity contribution in [2.24, 2.45) is 5.73 Å². The smallest absolute Gasteiger partial charge is 0.224 e. The Balaban J connectivity index is 1.71.